The molecule has 1 aliphatic heterocycles. The molecular weight excluding hydrogens is 380 g/mol. The molecule has 1 aromatic heterocycles. The highest BCUT2D eigenvalue weighted by molar-refractivity contribution is 6.05. The number of methoxy groups -OCH3 is 2. The van der Waals surface area contributed by atoms with Crippen molar-refractivity contribution >= 4 is 22.6 Å². The summed E-state index contributed by atoms with van der Waals surface area (Å²) in [6.07, 6.45) is 0. The quantitative estimate of drug-likeness (QED) is 0.672. The Bertz CT molecular complexity index is 1070. The molecule has 4 rings (SSSR count). The second-order valence-corrected chi connectivity index (χ2v) is 8.04. The summed E-state index contributed by atoms with van der Waals surface area (Å²) in [5.41, 5.74) is 3.23. The van der Waals surface area contributed by atoms with E-state index < -0.39 is 0 Å². The van der Waals surface area contributed by atoms with E-state index >= 15 is 0 Å². The Morgan fingerprint density at radius 3 is 2.63 bits per heavy atom. The highest BCUT2D eigenvalue weighted by Gasteiger charge is 2.21. The van der Waals surface area contributed by atoms with E-state index in [1.165, 1.54) is 0 Å². The first-order valence-corrected chi connectivity index (χ1v) is 10.2. The van der Waals surface area contributed by atoms with E-state index in [0.29, 0.717) is 23.0 Å². The smallest absolute Gasteiger partial charge is 0.255 e. The molecule has 7 nitrogen and oxygen atoms in total. The van der Waals surface area contributed by atoms with Crippen molar-refractivity contribution in [2.75, 3.05) is 32.6 Å². The normalized spacial score (nSPS) is 14.0. The monoisotopic (exact) mass is 408 g/mol. The van der Waals surface area contributed by atoms with Gasteiger partial charge in [0.2, 0.25) is 0 Å². The van der Waals surface area contributed by atoms with Crippen LogP contribution in [-0.2, 0) is 13.1 Å². The van der Waals surface area contributed by atoms with Crippen molar-refractivity contribution in [3.8, 4) is 11.5 Å². The van der Waals surface area contributed by atoms with E-state index in [1.54, 1.807) is 32.4 Å². The van der Waals surface area contributed by atoms with Crippen molar-refractivity contribution in [1.29, 1.82) is 0 Å². The number of rotatable bonds is 6. The lowest BCUT2D eigenvalue weighted by molar-refractivity contribution is 0.102. The summed E-state index contributed by atoms with van der Waals surface area (Å²) in [5, 5.41) is 2.96. The van der Waals surface area contributed by atoms with Crippen LogP contribution in [0.15, 0.2) is 36.4 Å². The minimum atomic E-state index is -0.206. The molecule has 2 aromatic carbocycles. The molecule has 0 saturated heterocycles. The van der Waals surface area contributed by atoms with Gasteiger partial charge in [0.15, 0.2) is 11.5 Å². The van der Waals surface area contributed by atoms with Crippen LogP contribution in [0.5, 0.6) is 11.5 Å². The Hall–Kier alpha value is -3.06. The summed E-state index contributed by atoms with van der Waals surface area (Å²) in [4.78, 5) is 20.0. The molecule has 0 saturated carbocycles. The molecule has 0 unspecified atom stereocenters. The molecule has 0 bridgehead atoms. The Morgan fingerprint density at radius 1 is 1.10 bits per heavy atom. The summed E-state index contributed by atoms with van der Waals surface area (Å²) in [6.45, 7) is 8.40. The first-order chi connectivity index (χ1) is 14.5. The van der Waals surface area contributed by atoms with Crippen molar-refractivity contribution < 1.29 is 14.3 Å². The number of amides is 1. The number of nitrogens with zero attached hydrogens (tertiary/aromatic N) is 3. The number of carbonyl (C=O) groups excluding carboxylic acids is 1. The standard InChI is InChI=1S/C23H28N4O3/c1-15(2)13-26-9-10-27-19-7-6-17(12-18(19)25-22(27)14-26)24-23(28)16-5-8-20(29-3)21(11-16)30-4/h5-8,11-12,15H,9-10,13-14H2,1-4H3,(H,24,28). The van der Waals surface area contributed by atoms with E-state index in [-0.39, 0.29) is 5.91 Å². The van der Waals surface area contributed by atoms with Crippen LogP contribution < -0.4 is 14.8 Å². The van der Waals surface area contributed by atoms with Crippen molar-refractivity contribution in [2.45, 2.75) is 26.9 Å². The number of imidazole rings is 1. The first-order valence-electron chi connectivity index (χ1n) is 10.2. The lowest BCUT2D eigenvalue weighted by Crippen LogP contribution is -2.36. The van der Waals surface area contributed by atoms with Gasteiger partial charge in [0.05, 0.1) is 31.8 Å². The van der Waals surface area contributed by atoms with E-state index in [1.807, 2.05) is 18.2 Å². The van der Waals surface area contributed by atoms with Gasteiger partial charge in [0.25, 0.3) is 5.91 Å². The van der Waals surface area contributed by atoms with Crippen molar-refractivity contribution in [3.05, 3.63) is 47.8 Å². The van der Waals surface area contributed by atoms with Gasteiger partial charge in [-0.15, -0.1) is 0 Å². The summed E-state index contributed by atoms with van der Waals surface area (Å²) in [6, 6.07) is 11.0. The summed E-state index contributed by atoms with van der Waals surface area (Å²) in [7, 11) is 3.12. The van der Waals surface area contributed by atoms with Crippen LogP contribution in [0.2, 0.25) is 0 Å². The molecule has 2 heterocycles. The van der Waals surface area contributed by atoms with E-state index in [0.717, 1.165) is 48.7 Å². The largest absolute Gasteiger partial charge is 0.493 e. The number of aromatic nitrogens is 2. The zero-order valence-corrected chi connectivity index (χ0v) is 17.9. The van der Waals surface area contributed by atoms with Crippen LogP contribution in [0.25, 0.3) is 11.0 Å². The Labute approximate surface area is 176 Å². The third-order valence-corrected chi connectivity index (χ3v) is 5.36. The SMILES string of the molecule is COc1ccc(C(=O)Nc2ccc3c(c2)nc2n3CCN(CC(C)C)C2)cc1OC. The van der Waals surface area contributed by atoms with Gasteiger partial charge in [0, 0.05) is 30.9 Å². The molecule has 1 N–H and O–H groups in total. The number of hydrogen-bond acceptors (Lipinski definition) is 5. The number of carbonyl (C=O) groups is 1. The molecular formula is C23H28N4O3. The van der Waals surface area contributed by atoms with Gasteiger partial charge < -0.3 is 19.4 Å². The highest BCUT2D eigenvalue weighted by Crippen LogP contribution is 2.28. The van der Waals surface area contributed by atoms with Gasteiger partial charge in [-0.2, -0.15) is 0 Å². The lowest BCUT2D eigenvalue weighted by atomic mass is 10.1. The third-order valence-electron chi connectivity index (χ3n) is 5.36. The van der Waals surface area contributed by atoms with Gasteiger partial charge in [0.1, 0.15) is 5.82 Å². The topological polar surface area (TPSA) is 68.6 Å². The molecule has 0 fully saturated rings. The number of ether oxygens (including phenoxy) is 2. The number of fused-ring (bicyclic) bond motifs is 3. The minimum absolute atomic E-state index is 0.206. The second-order valence-electron chi connectivity index (χ2n) is 8.04. The molecule has 1 amide bonds. The van der Waals surface area contributed by atoms with Crippen molar-refractivity contribution in [3.63, 3.8) is 0 Å². The zero-order chi connectivity index (χ0) is 21.3. The molecule has 30 heavy (non-hydrogen) atoms. The molecule has 1 aliphatic rings. The number of nitrogens with one attached hydrogen (secondary N) is 1. The van der Waals surface area contributed by atoms with E-state index in [4.69, 9.17) is 14.5 Å². The highest BCUT2D eigenvalue weighted by atomic mass is 16.5. The Morgan fingerprint density at radius 2 is 1.90 bits per heavy atom. The Balaban J connectivity index is 1.54. The molecule has 7 heteroatoms. The van der Waals surface area contributed by atoms with Gasteiger partial charge in [-0.3, -0.25) is 9.69 Å². The molecule has 0 aliphatic carbocycles. The van der Waals surface area contributed by atoms with Crippen LogP contribution in [0.4, 0.5) is 5.69 Å². The summed E-state index contributed by atoms with van der Waals surface area (Å²) in [5.74, 6) is 2.63. The van der Waals surface area contributed by atoms with E-state index in [2.05, 4.69) is 28.6 Å². The maximum atomic E-state index is 12.7. The van der Waals surface area contributed by atoms with Crippen LogP contribution in [0.1, 0.15) is 30.0 Å². The average molecular weight is 409 g/mol. The lowest BCUT2D eigenvalue weighted by Gasteiger charge is -2.29. The Kier molecular flexibility index (Phi) is 5.63. The van der Waals surface area contributed by atoms with Crippen LogP contribution in [0, 0.1) is 5.92 Å². The number of benzene rings is 2. The predicted molar refractivity (Wildman–Crippen MR) is 117 cm³/mol. The molecule has 0 spiro atoms. The van der Waals surface area contributed by atoms with Gasteiger partial charge >= 0.3 is 0 Å². The zero-order valence-electron chi connectivity index (χ0n) is 17.9. The average Bonchev–Trinajstić information content (AvgIpc) is 3.09. The molecule has 0 radical (unpaired) electrons. The van der Waals surface area contributed by atoms with Gasteiger partial charge in [-0.1, -0.05) is 13.8 Å². The minimum Gasteiger partial charge on any atom is -0.493 e. The van der Waals surface area contributed by atoms with Gasteiger partial charge in [-0.25, -0.2) is 4.98 Å². The predicted octanol–water partition coefficient (Wildman–Crippen LogP) is 3.78. The number of anilines is 1. The second kappa shape index (κ2) is 8.36. The van der Waals surface area contributed by atoms with Crippen molar-refractivity contribution in [1.82, 2.24) is 14.5 Å². The van der Waals surface area contributed by atoms with Crippen LogP contribution in [0.3, 0.4) is 0 Å². The first kappa shape index (κ1) is 20.2. The van der Waals surface area contributed by atoms with Crippen LogP contribution >= 0.6 is 0 Å². The maximum Gasteiger partial charge on any atom is 0.255 e. The van der Waals surface area contributed by atoms with Crippen LogP contribution in [-0.4, -0.2) is 47.7 Å². The fourth-order valence-corrected chi connectivity index (χ4v) is 4.00. The summed E-state index contributed by atoms with van der Waals surface area (Å²) < 4.78 is 12.8. The third kappa shape index (κ3) is 3.98. The molecule has 158 valence electrons. The molecule has 0 atom stereocenters. The van der Waals surface area contributed by atoms with E-state index in [9.17, 15) is 4.79 Å². The number of hydrogen-bond donors (Lipinski definition) is 1. The summed E-state index contributed by atoms with van der Waals surface area (Å²) >= 11 is 0. The fourth-order valence-electron chi connectivity index (χ4n) is 4.00. The van der Waals surface area contributed by atoms with Gasteiger partial charge in [-0.05, 0) is 42.3 Å². The fraction of sp³-hybridized carbons (Fsp3) is 0.391. The van der Waals surface area contributed by atoms with Crippen molar-refractivity contribution in [2.24, 2.45) is 5.92 Å². The maximum absolute atomic E-state index is 12.7. The molecule has 3 aromatic rings.